The SMILES string of the molecule is OC1c2ccccc2CSC2SC=CC21. The van der Waals surface area contributed by atoms with Crippen LogP contribution in [0.4, 0.5) is 0 Å². The molecule has 0 aromatic heterocycles. The van der Waals surface area contributed by atoms with Crippen molar-refractivity contribution < 1.29 is 5.11 Å². The van der Waals surface area contributed by atoms with E-state index in [-0.39, 0.29) is 12.0 Å². The zero-order valence-corrected chi connectivity index (χ0v) is 9.80. The highest BCUT2D eigenvalue weighted by atomic mass is 32.2. The van der Waals surface area contributed by atoms with E-state index in [0.717, 1.165) is 11.3 Å². The fourth-order valence-electron chi connectivity index (χ4n) is 2.13. The van der Waals surface area contributed by atoms with Crippen molar-refractivity contribution in [2.45, 2.75) is 16.4 Å². The molecule has 3 atom stereocenters. The van der Waals surface area contributed by atoms with E-state index in [2.05, 4.69) is 29.7 Å². The van der Waals surface area contributed by atoms with Gasteiger partial charge in [-0.15, -0.1) is 23.5 Å². The number of benzene rings is 1. The number of aliphatic hydroxyl groups is 1. The number of thioether (sulfide) groups is 2. The minimum absolute atomic E-state index is 0.281. The van der Waals surface area contributed by atoms with E-state index >= 15 is 0 Å². The monoisotopic (exact) mass is 236 g/mol. The Morgan fingerprint density at radius 1 is 1.27 bits per heavy atom. The van der Waals surface area contributed by atoms with Gasteiger partial charge in [0.2, 0.25) is 0 Å². The largest absolute Gasteiger partial charge is 0.388 e. The first-order valence-electron chi connectivity index (χ1n) is 5.06. The molecule has 0 fully saturated rings. The Bertz CT molecular complexity index is 402. The predicted molar refractivity (Wildman–Crippen MR) is 66.7 cm³/mol. The van der Waals surface area contributed by atoms with Crippen LogP contribution in [0.5, 0.6) is 0 Å². The summed E-state index contributed by atoms with van der Waals surface area (Å²) in [5.74, 6) is 1.30. The molecule has 15 heavy (non-hydrogen) atoms. The van der Waals surface area contributed by atoms with Gasteiger partial charge in [-0.3, -0.25) is 0 Å². The molecule has 3 heteroatoms. The van der Waals surface area contributed by atoms with E-state index in [1.807, 2.05) is 29.6 Å². The van der Waals surface area contributed by atoms with Crippen molar-refractivity contribution in [3.63, 3.8) is 0 Å². The first-order chi connectivity index (χ1) is 7.36. The van der Waals surface area contributed by atoms with E-state index in [1.165, 1.54) is 5.56 Å². The Morgan fingerprint density at radius 3 is 3.07 bits per heavy atom. The first kappa shape index (κ1) is 9.82. The highest BCUT2D eigenvalue weighted by molar-refractivity contribution is 8.18. The van der Waals surface area contributed by atoms with Crippen molar-refractivity contribution in [2.75, 3.05) is 0 Å². The molecule has 2 aliphatic heterocycles. The van der Waals surface area contributed by atoms with E-state index in [9.17, 15) is 5.11 Å². The number of fused-ring (bicyclic) bond motifs is 2. The third-order valence-electron chi connectivity index (χ3n) is 2.97. The molecule has 2 heterocycles. The summed E-state index contributed by atoms with van der Waals surface area (Å²) >= 11 is 3.78. The van der Waals surface area contributed by atoms with Crippen molar-refractivity contribution in [3.05, 3.63) is 46.9 Å². The number of hydrogen-bond acceptors (Lipinski definition) is 3. The zero-order valence-electron chi connectivity index (χ0n) is 8.17. The minimum Gasteiger partial charge on any atom is -0.388 e. The smallest absolute Gasteiger partial charge is 0.0874 e. The summed E-state index contributed by atoms with van der Waals surface area (Å²) < 4.78 is 0.493. The molecular weight excluding hydrogens is 224 g/mol. The lowest BCUT2D eigenvalue weighted by molar-refractivity contribution is 0.140. The second-order valence-electron chi connectivity index (χ2n) is 3.87. The van der Waals surface area contributed by atoms with Crippen LogP contribution in [0.15, 0.2) is 35.7 Å². The summed E-state index contributed by atoms with van der Waals surface area (Å²) in [4.78, 5) is 0. The standard InChI is InChI=1S/C12H12OS2/c13-11-9-4-2-1-3-8(9)7-15-12-10(11)5-6-14-12/h1-6,10-13H,7H2. The third-order valence-corrected chi connectivity index (χ3v) is 5.73. The van der Waals surface area contributed by atoms with Crippen molar-refractivity contribution >= 4 is 23.5 Å². The summed E-state index contributed by atoms with van der Waals surface area (Å²) in [5.41, 5.74) is 2.41. The molecule has 1 aromatic rings. The summed E-state index contributed by atoms with van der Waals surface area (Å²) in [6.45, 7) is 0. The van der Waals surface area contributed by atoms with E-state index in [0.29, 0.717) is 4.58 Å². The van der Waals surface area contributed by atoms with Crippen molar-refractivity contribution in [2.24, 2.45) is 5.92 Å². The molecule has 3 unspecified atom stereocenters. The van der Waals surface area contributed by atoms with Gasteiger partial charge in [0.25, 0.3) is 0 Å². The van der Waals surface area contributed by atoms with Gasteiger partial charge in [0.1, 0.15) is 0 Å². The maximum absolute atomic E-state index is 10.3. The van der Waals surface area contributed by atoms with E-state index in [4.69, 9.17) is 0 Å². The van der Waals surface area contributed by atoms with Crippen LogP contribution in [0, 0.1) is 5.92 Å². The second-order valence-corrected chi connectivity index (χ2v) is 6.35. The fraction of sp³-hybridized carbons (Fsp3) is 0.333. The second kappa shape index (κ2) is 3.89. The van der Waals surface area contributed by atoms with Crippen molar-refractivity contribution in [1.29, 1.82) is 0 Å². The predicted octanol–water partition coefficient (Wildman–Crippen LogP) is 3.17. The van der Waals surface area contributed by atoms with Gasteiger partial charge < -0.3 is 5.11 Å². The van der Waals surface area contributed by atoms with Gasteiger partial charge in [0, 0.05) is 11.7 Å². The number of aliphatic hydroxyl groups excluding tert-OH is 1. The summed E-state index contributed by atoms with van der Waals surface area (Å²) in [7, 11) is 0. The van der Waals surface area contributed by atoms with Crippen molar-refractivity contribution in [3.8, 4) is 0 Å². The molecule has 0 aliphatic carbocycles. The van der Waals surface area contributed by atoms with Gasteiger partial charge in [0.15, 0.2) is 0 Å². The van der Waals surface area contributed by atoms with Crippen LogP contribution in [0.2, 0.25) is 0 Å². The highest BCUT2D eigenvalue weighted by Gasteiger charge is 2.34. The number of rotatable bonds is 0. The molecule has 0 bridgehead atoms. The Labute approximate surface area is 98.0 Å². The van der Waals surface area contributed by atoms with Crippen LogP contribution in [0.1, 0.15) is 17.2 Å². The average molecular weight is 236 g/mol. The van der Waals surface area contributed by atoms with Crippen LogP contribution in [0.25, 0.3) is 0 Å². The molecule has 0 saturated heterocycles. The summed E-state index contributed by atoms with van der Waals surface area (Å²) in [6, 6.07) is 8.25. The molecule has 3 rings (SSSR count). The molecule has 1 N–H and O–H groups in total. The van der Waals surface area contributed by atoms with Crippen LogP contribution in [-0.4, -0.2) is 9.69 Å². The Balaban J connectivity index is 2.04. The molecule has 1 aromatic carbocycles. The zero-order chi connectivity index (χ0) is 10.3. The quantitative estimate of drug-likeness (QED) is 0.747. The Hall–Kier alpha value is -0.380. The van der Waals surface area contributed by atoms with Gasteiger partial charge in [0.05, 0.1) is 10.7 Å². The average Bonchev–Trinajstić information content (AvgIpc) is 2.69. The fourth-order valence-corrected chi connectivity index (χ4v) is 4.76. The topological polar surface area (TPSA) is 20.2 Å². The van der Waals surface area contributed by atoms with Crippen LogP contribution in [-0.2, 0) is 5.75 Å². The lowest BCUT2D eigenvalue weighted by Crippen LogP contribution is -2.15. The van der Waals surface area contributed by atoms with Gasteiger partial charge in [-0.25, -0.2) is 0 Å². The van der Waals surface area contributed by atoms with Gasteiger partial charge in [-0.05, 0) is 16.5 Å². The lowest BCUT2D eigenvalue weighted by atomic mass is 9.94. The van der Waals surface area contributed by atoms with Crippen LogP contribution < -0.4 is 0 Å². The van der Waals surface area contributed by atoms with E-state index < -0.39 is 0 Å². The lowest BCUT2D eigenvalue weighted by Gasteiger charge is -2.20. The van der Waals surface area contributed by atoms with E-state index in [1.54, 1.807) is 0 Å². The van der Waals surface area contributed by atoms with Crippen molar-refractivity contribution in [1.82, 2.24) is 0 Å². The molecule has 2 aliphatic rings. The van der Waals surface area contributed by atoms with Crippen LogP contribution >= 0.6 is 23.5 Å². The molecule has 78 valence electrons. The molecular formula is C12H12OS2. The highest BCUT2D eigenvalue weighted by Crippen LogP contribution is 2.48. The normalized spacial score (nSPS) is 33.3. The first-order valence-corrected chi connectivity index (χ1v) is 7.05. The molecule has 0 saturated carbocycles. The Kier molecular flexibility index (Phi) is 2.54. The van der Waals surface area contributed by atoms with Gasteiger partial charge >= 0.3 is 0 Å². The van der Waals surface area contributed by atoms with Gasteiger partial charge in [-0.1, -0.05) is 30.3 Å². The molecule has 0 amide bonds. The Morgan fingerprint density at radius 2 is 2.13 bits per heavy atom. The summed E-state index contributed by atoms with van der Waals surface area (Å²) in [5, 5.41) is 12.5. The maximum Gasteiger partial charge on any atom is 0.0874 e. The van der Waals surface area contributed by atoms with Gasteiger partial charge in [-0.2, -0.15) is 0 Å². The molecule has 1 nitrogen and oxygen atoms in total. The summed E-state index contributed by atoms with van der Waals surface area (Å²) in [6.07, 6.45) is 1.82. The molecule has 0 spiro atoms. The minimum atomic E-state index is -0.326. The third kappa shape index (κ3) is 1.63. The van der Waals surface area contributed by atoms with Crippen LogP contribution in [0.3, 0.4) is 0 Å². The number of hydrogen-bond donors (Lipinski definition) is 1. The maximum atomic E-state index is 10.3. The molecule has 0 radical (unpaired) electrons.